The van der Waals surface area contributed by atoms with Crippen molar-refractivity contribution >= 4 is 10.0 Å². The maximum atomic E-state index is 13.9. The van der Waals surface area contributed by atoms with E-state index in [4.69, 9.17) is 0 Å². The van der Waals surface area contributed by atoms with Crippen molar-refractivity contribution in [2.45, 2.75) is 50.6 Å². The summed E-state index contributed by atoms with van der Waals surface area (Å²) in [5.41, 5.74) is 0.711. The Hall–Kier alpha value is -0.980. The summed E-state index contributed by atoms with van der Waals surface area (Å²) in [5.74, 6) is -0.715. The van der Waals surface area contributed by atoms with Crippen molar-refractivity contribution in [3.8, 4) is 0 Å². The molecule has 2 N–H and O–H groups in total. The molecule has 1 atom stereocenters. The standard InChI is InChI=1S/C14H23FN2O2S/c1-4-5-6-11(2)17-20(18,19)14-8-7-12(10-16-3)9-13(14)15/h7-9,11,16-17H,4-6,10H2,1-3H3. The third-order valence-corrected chi connectivity index (χ3v) is 4.64. The molecule has 0 aliphatic rings. The zero-order chi connectivity index (χ0) is 15.2. The van der Waals surface area contributed by atoms with E-state index in [0.717, 1.165) is 19.3 Å². The van der Waals surface area contributed by atoms with Crippen LogP contribution >= 0.6 is 0 Å². The van der Waals surface area contributed by atoms with Crippen molar-refractivity contribution in [2.24, 2.45) is 0 Å². The van der Waals surface area contributed by atoms with Crippen LogP contribution in [0.4, 0.5) is 4.39 Å². The third-order valence-electron chi connectivity index (χ3n) is 3.01. The molecule has 0 saturated carbocycles. The molecule has 0 heterocycles. The first-order valence-corrected chi connectivity index (χ1v) is 8.34. The average molecular weight is 302 g/mol. The second-order valence-corrected chi connectivity index (χ2v) is 6.64. The molecule has 1 aromatic carbocycles. The van der Waals surface area contributed by atoms with Gasteiger partial charge in [0.15, 0.2) is 0 Å². The van der Waals surface area contributed by atoms with Gasteiger partial charge in [-0.15, -0.1) is 0 Å². The van der Waals surface area contributed by atoms with Gasteiger partial charge in [0.05, 0.1) is 0 Å². The monoisotopic (exact) mass is 302 g/mol. The van der Waals surface area contributed by atoms with Crippen LogP contribution in [0, 0.1) is 5.82 Å². The molecule has 1 unspecified atom stereocenters. The van der Waals surface area contributed by atoms with E-state index in [-0.39, 0.29) is 10.9 Å². The molecule has 4 nitrogen and oxygen atoms in total. The molecule has 0 aliphatic carbocycles. The van der Waals surface area contributed by atoms with Crippen molar-refractivity contribution in [1.82, 2.24) is 10.0 Å². The molecular weight excluding hydrogens is 279 g/mol. The summed E-state index contributed by atoms with van der Waals surface area (Å²) in [5, 5.41) is 2.89. The summed E-state index contributed by atoms with van der Waals surface area (Å²) in [6, 6.07) is 3.99. The molecule has 1 rings (SSSR count). The fourth-order valence-electron chi connectivity index (χ4n) is 1.97. The summed E-state index contributed by atoms with van der Waals surface area (Å²) in [7, 11) is -2.05. The maximum Gasteiger partial charge on any atom is 0.243 e. The van der Waals surface area contributed by atoms with Gasteiger partial charge in [-0.3, -0.25) is 0 Å². The number of hydrogen-bond acceptors (Lipinski definition) is 3. The van der Waals surface area contributed by atoms with E-state index in [2.05, 4.69) is 10.0 Å². The van der Waals surface area contributed by atoms with E-state index in [1.807, 2.05) is 6.92 Å². The van der Waals surface area contributed by atoms with Crippen molar-refractivity contribution in [3.05, 3.63) is 29.6 Å². The highest BCUT2D eigenvalue weighted by Gasteiger charge is 2.21. The lowest BCUT2D eigenvalue weighted by Gasteiger charge is -2.14. The molecule has 0 fully saturated rings. The second kappa shape index (κ2) is 7.71. The van der Waals surface area contributed by atoms with E-state index in [0.29, 0.717) is 12.1 Å². The van der Waals surface area contributed by atoms with E-state index in [1.54, 1.807) is 20.0 Å². The highest BCUT2D eigenvalue weighted by molar-refractivity contribution is 7.89. The molecule has 0 bridgehead atoms. The Bertz CT molecular complexity index is 532. The molecule has 1 aromatic rings. The first-order chi connectivity index (χ1) is 9.40. The smallest absolute Gasteiger partial charge is 0.243 e. The molecule has 0 radical (unpaired) electrons. The quantitative estimate of drug-likeness (QED) is 0.775. The second-order valence-electron chi connectivity index (χ2n) is 4.96. The lowest BCUT2D eigenvalue weighted by molar-refractivity contribution is 0.523. The zero-order valence-corrected chi connectivity index (χ0v) is 13.1. The Morgan fingerprint density at radius 1 is 1.35 bits per heavy atom. The molecule has 0 spiro atoms. The SMILES string of the molecule is CCCCC(C)NS(=O)(=O)c1ccc(CNC)cc1F. The molecular formula is C14H23FN2O2S. The first kappa shape index (κ1) is 17.1. The third kappa shape index (κ3) is 4.85. The number of benzene rings is 1. The van der Waals surface area contributed by atoms with Crippen LogP contribution in [0.1, 0.15) is 38.7 Å². The van der Waals surface area contributed by atoms with Crippen LogP contribution in [-0.2, 0) is 16.6 Å². The average Bonchev–Trinajstić information content (AvgIpc) is 2.36. The Balaban J connectivity index is 2.87. The molecule has 0 aromatic heterocycles. The van der Waals surface area contributed by atoms with E-state index < -0.39 is 15.8 Å². The summed E-state index contributed by atoms with van der Waals surface area (Å²) >= 11 is 0. The van der Waals surface area contributed by atoms with Crippen molar-refractivity contribution in [2.75, 3.05) is 7.05 Å². The van der Waals surface area contributed by atoms with Gasteiger partial charge in [0.2, 0.25) is 10.0 Å². The van der Waals surface area contributed by atoms with Crippen LogP contribution in [0.5, 0.6) is 0 Å². The largest absolute Gasteiger partial charge is 0.316 e. The highest BCUT2D eigenvalue weighted by atomic mass is 32.2. The number of unbranched alkanes of at least 4 members (excludes halogenated alkanes) is 1. The lowest BCUT2D eigenvalue weighted by Crippen LogP contribution is -2.33. The maximum absolute atomic E-state index is 13.9. The fourth-order valence-corrected chi connectivity index (χ4v) is 3.31. The topological polar surface area (TPSA) is 58.2 Å². The van der Waals surface area contributed by atoms with Gasteiger partial charge in [0.1, 0.15) is 10.7 Å². The van der Waals surface area contributed by atoms with Gasteiger partial charge in [-0.1, -0.05) is 25.8 Å². The number of halogens is 1. The van der Waals surface area contributed by atoms with Gasteiger partial charge in [0, 0.05) is 12.6 Å². The summed E-state index contributed by atoms with van der Waals surface area (Å²) in [6.07, 6.45) is 2.68. The van der Waals surface area contributed by atoms with Crippen LogP contribution in [0.25, 0.3) is 0 Å². The minimum Gasteiger partial charge on any atom is -0.316 e. The number of hydrogen-bond donors (Lipinski definition) is 2. The van der Waals surface area contributed by atoms with Crippen molar-refractivity contribution in [1.29, 1.82) is 0 Å². The number of rotatable bonds is 8. The molecule has 20 heavy (non-hydrogen) atoms. The summed E-state index contributed by atoms with van der Waals surface area (Å²) in [6.45, 7) is 4.33. The molecule has 0 saturated heterocycles. The molecule has 0 aliphatic heterocycles. The van der Waals surface area contributed by atoms with Gasteiger partial charge < -0.3 is 5.32 Å². The zero-order valence-electron chi connectivity index (χ0n) is 12.2. The summed E-state index contributed by atoms with van der Waals surface area (Å²) < 4.78 is 40.7. The summed E-state index contributed by atoms with van der Waals surface area (Å²) in [4.78, 5) is -0.291. The Labute approximate surface area is 120 Å². The minimum absolute atomic E-state index is 0.198. The van der Waals surface area contributed by atoms with Gasteiger partial charge >= 0.3 is 0 Å². The minimum atomic E-state index is -3.80. The van der Waals surface area contributed by atoms with Crippen LogP contribution in [0.2, 0.25) is 0 Å². The lowest BCUT2D eigenvalue weighted by atomic mass is 10.2. The van der Waals surface area contributed by atoms with Crippen molar-refractivity contribution in [3.63, 3.8) is 0 Å². The van der Waals surface area contributed by atoms with Crippen molar-refractivity contribution < 1.29 is 12.8 Å². The normalized spacial score (nSPS) is 13.4. The molecule has 0 amide bonds. The number of sulfonamides is 1. The van der Waals surface area contributed by atoms with Gasteiger partial charge in [-0.25, -0.2) is 17.5 Å². The van der Waals surface area contributed by atoms with Crippen LogP contribution < -0.4 is 10.0 Å². The van der Waals surface area contributed by atoms with E-state index >= 15 is 0 Å². The van der Waals surface area contributed by atoms with Gasteiger partial charge in [-0.05, 0) is 38.1 Å². The Morgan fingerprint density at radius 3 is 2.60 bits per heavy atom. The van der Waals surface area contributed by atoms with Gasteiger partial charge in [0.25, 0.3) is 0 Å². The Morgan fingerprint density at radius 2 is 2.05 bits per heavy atom. The number of nitrogens with one attached hydrogen (secondary N) is 2. The molecule has 6 heteroatoms. The first-order valence-electron chi connectivity index (χ1n) is 6.86. The van der Waals surface area contributed by atoms with Gasteiger partial charge in [-0.2, -0.15) is 0 Å². The predicted molar refractivity (Wildman–Crippen MR) is 78.5 cm³/mol. The highest BCUT2D eigenvalue weighted by Crippen LogP contribution is 2.17. The Kier molecular flexibility index (Phi) is 6.58. The van der Waals surface area contributed by atoms with Crippen LogP contribution in [-0.4, -0.2) is 21.5 Å². The van der Waals surface area contributed by atoms with Crippen LogP contribution in [0.3, 0.4) is 0 Å². The van der Waals surface area contributed by atoms with E-state index in [1.165, 1.54) is 12.1 Å². The van der Waals surface area contributed by atoms with E-state index in [9.17, 15) is 12.8 Å². The predicted octanol–water partition coefficient (Wildman–Crippen LogP) is 2.40. The molecule has 114 valence electrons. The van der Waals surface area contributed by atoms with Crippen LogP contribution in [0.15, 0.2) is 23.1 Å². The fraction of sp³-hybridized carbons (Fsp3) is 0.571.